The molecule has 0 aromatic heterocycles. The van der Waals surface area contributed by atoms with Gasteiger partial charge in [0.2, 0.25) is 0 Å². The average molecular weight is 297 g/mol. The zero-order valence-corrected chi connectivity index (χ0v) is 11.9. The van der Waals surface area contributed by atoms with Gasteiger partial charge in [-0.25, -0.2) is 0 Å². The first-order valence-electron chi connectivity index (χ1n) is 6.80. The molecule has 108 valence electrons. The van der Waals surface area contributed by atoms with E-state index in [0.717, 1.165) is 12.8 Å². The molecule has 1 fully saturated rings. The Balaban J connectivity index is 2.01. The Labute approximate surface area is 122 Å². The Kier molecular flexibility index (Phi) is 4.95. The molecule has 1 saturated carbocycles. The van der Waals surface area contributed by atoms with Gasteiger partial charge in [0, 0.05) is 12.6 Å². The third-order valence-electron chi connectivity index (χ3n) is 3.70. The third-order valence-corrected chi connectivity index (χ3v) is 4.09. The summed E-state index contributed by atoms with van der Waals surface area (Å²) in [6, 6.07) is 4.27. The van der Waals surface area contributed by atoms with Crippen LogP contribution in [0.2, 0.25) is 5.02 Å². The Morgan fingerprint density at radius 1 is 1.35 bits per heavy atom. The summed E-state index contributed by atoms with van der Waals surface area (Å²) in [5.41, 5.74) is -0.0753. The summed E-state index contributed by atoms with van der Waals surface area (Å²) < 4.78 is 0. The van der Waals surface area contributed by atoms with Gasteiger partial charge in [-0.15, -0.1) is 0 Å². The largest absolute Gasteiger partial charge is 0.352 e. The van der Waals surface area contributed by atoms with Gasteiger partial charge < -0.3 is 5.32 Å². The van der Waals surface area contributed by atoms with Gasteiger partial charge in [0.1, 0.15) is 5.02 Å². The number of carbonyl (C=O) groups excluding carboxylic acids is 1. The number of nitro groups is 1. The number of nitrogens with one attached hydrogen (secondary N) is 1. The summed E-state index contributed by atoms with van der Waals surface area (Å²) in [6.07, 6.45) is 5.93. The van der Waals surface area contributed by atoms with Crippen LogP contribution in [0.4, 0.5) is 5.69 Å². The summed E-state index contributed by atoms with van der Waals surface area (Å²) in [7, 11) is 0. The molecular formula is C14H17ClN2O3. The van der Waals surface area contributed by atoms with Gasteiger partial charge in [0.05, 0.1) is 10.5 Å². The molecule has 5 nitrogen and oxygen atoms in total. The van der Waals surface area contributed by atoms with Crippen LogP contribution in [0.3, 0.4) is 0 Å². The molecule has 1 aromatic rings. The molecule has 1 amide bonds. The van der Waals surface area contributed by atoms with Crippen molar-refractivity contribution in [3.8, 4) is 0 Å². The van der Waals surface area contributed by atoms with Crippen LogP contribution < -0.4 is 5.32 Å². The summed E-state index contributed by atoms with van der Waals surface area (Å²) in [4.78, 5) is 22.3. The van der Waals surface area contributed by atoms with E-state index in [1.165, 1.54) is 37.5 Å². The molecular weight excluding hydrogens is 280 g/mol. The number of rotatable bonds is 4. The van der Waals surface area contributed by atoms with E-state index in [2.05, 4.69) is 5.32 Å². The monoisotopic (exact) mass is 296 g/mol. The van der Waals surface area contributed by atoms with Gasteiger partial charge in [-0.3, -0.25) is 14.9 Å². The zero-order chi connectivity index (χ0) is 14.5. The quantitative estimate of drug-likeness (QED) is 0.682. The first kappa shape index (κ1) is 14.8. The summed E-state index contributed by atoms with van der Waals surface area (Å²) in [5.74, 6) is 0.162. The molecule has 0 heterocycles. The van der Waals surface area contributed by atoms with Gasteiger partial charge in [0.25, 0.3) is 11.6 Å². The maximum absolute atomic E-state index is 12.1. The molecule has 6 heteroatoms. The smallest absolute Gasteiger partial charge is 0.288 e. The van der Waals surface area contributed by atoms with Gasteiger partial charge in [-0.05, 0) is 24.8 Å². The summed E-state index contributed by atoms with van der Waals surface area (Å²) in [5, 5.41) is 13.5. The number of nitro benzene ring substituents is 1. The number of carbonyl (C=O) groups is 1. The Morgan fingerprint density at radius 3 is 2.70 bits per heavy atom. The molecule has 0 aliphatic heterocycles. The molecule has 0 atom stereocenters. The van der Waals surface area contributed by atoms with Crippen LogP contribution in [0.5, 0.6) is 0 Å². The molecule has 0 spiro atoms. The minimum Gasteiger partial charge on any atom is -0.352 e. The molecule has 0 saturated heterocycles. The molecule has 20 heavy (non-hydrogen) atoms. The third kappa shape index (κ3) is 3.48. The van der Waals surface area contributed by atoms with Gasteiger partial charge in [0.15, 0.2) is 0 Å². The number of hydrogen-bond donors (Lipinski definition) is 1. The molecule has 1 N–H and O–H groups in total. The highest BCUT2D eigenvalue weighted by atomic mass is 35.5. The molecule has 0 unspecified atom stereocenters. The number of hydrogen-bond acceptors (Lipinski definition) is 3. The maximum Gasteiger partial charge on any atom is 0.288 e. The van der Waals surface area contributed by atoms with Crippen LogP contribution in [0.15, 0.2) is 18.2 Å². The number of nitrogens with zero attached hydrogens (tertiary/aromatic N) is 1. The topological polar surface area (TPSA) is 72.2 Å². The van der Waals surface area contributed by atoms with Crippen molar-refractivity contribution in [3.05, 3.63) is 38.9 Å². The number of amides is 1. The highest BCUT2D eigenvalue weighted by molar-refractivity contribution is 6.35. The zero-order valence-electron chi connectivity index (χ0n) is 11.1. The van der Waals surface area contributed by atoms with E-state index in [-0.39, 0.29) is 22.2 Å². The van der Waals surface area contributed by atoms with Crippen molar-refractivity contribution in [2.45, 2.75) is 32.1 Å². The van der Waals surface area contributed by atoms with Crippen LogP contribution >= 0.6 is 11.6 Å². The van der Waals surface area contributed by atoms with Crippen molar-refractivity contribution in [1.29, 1.82) is 0 Å². The highest BCUT2D eigenvalue weighted by Gasteiger charge is 2.21. The van der Waals surface area contributed by atoms with E-state index in [9.17, 15) is 14.9 Å². The predicted octanol–water partition coefficient (Wildman–Crippen LogP) is 3.56. The average Bonchev–Trinajstić information content (AvgIpc) is 2.46. The summed E-state index contributed by atoms with van der Waals surface area (Å²) in [6.45, 7) is 0.609. The maximum atomic E-state index is 12.1. The second-order valence-corrected chi connectivity index (χ2v) is 5.49. The Bertz CT molecular complexity index is 513. The number of benzene rings is 1. The molecule has 0 radical (unpaired) electrons. The van der Waals surface area contributed by atoms with Crippen LogP contribution in [0.25, 0.3) is 0 Å². The Morgan fingerprint density at radius 2 is 2.05 bits per heavy atom. The fourth-order valence-electron chi connectivity index (χ4n) is 2.56. The van der Waals surface area contributed by atoms with E-state index < -0.39 is 4.92 Å². The van der Waals surface area contributed by atoms with E-state index in [0.29, 0.717) is 12.5 Å². The first-order valence-corrected chi connectivity index (χ1v) is 7.18. The Hall–Kier alpha value is -1.62. The first-order chi connectivity index (χ1) is 9.59. The van der Waals surface area contributed by atoms with Crippen LogP contribution in [0.1, 0.15) is 42.5 Å². The molecule has 2 rings (SSSR count). The van der Waals surface area contributed by atoms with Crippen molar-refractivity contribution in [2.75, 3.05) is 6.54 Å². The van der Waals surface area contributed by atoms with Gasteiger partial charge in [-0.1, -0.05) is 36.9 Å². The number of halogens is 1. The van der Waals surface area contributed by atoms with Crippen molar-refractivity contribution < 1.29 is 9.72 Å². The van der Waals surface area contributed by atoms with Crippen LogP contribution in [-0.2, 0) is 0 Å². The second-order valence-electron chi connectivity index (χ2n) is 5.11. The van der Waals surface area contributed by atoms with Gasteiger partial charge >= 0.3 is 0 Å². The minimum absolute atomic E-state index is 0.0985. The van der Waals surface area contributed by atoms with Crippen molar-refractivity contribution in [2.24, 2.45) is 5.92 Å². The van der Waals surface area contributed by atoms with Crippen molar-refractivity contribution >= 4 is 23.2 Å². The van der Waals surface area contributed by atoms with Crippen molar-refractivity contribution in [1.82, 2.24) is 5.32 Å². The lowest BCUT2D eigenvalue weighted by atomic mass is 9.89. The molecule has 0 bridgehead atoms. The lowest BCUT2D eigenvalue weighted by molar-refractivity contribution is -0.384. The van der Waals surface area contributed by atoms with E-state index in [1.54, 1.807) is 0 Å². The summed E-state index contributed by atoms with van der Waals surface area (Å²) >= 11 is 5.92. The molecule has 1 aromatic carbocycles. The van der Waals surface area contributed by atoms with E-state index in [4.69, 9.17) is 11.6 Å². The fraction of sp³-hybridized carbons (Fsp3) is 0.500. The SMILES string of the molecule is O=C(NCC1CCCCC1)c1cccc([N+](=O)[O-])c1Cl. The van der Waals surface area contributed by atoms with E-state index in [1.807, 2.05) is 0 Å². The standard InChI is InChI=1S/C14H17ClN2O3/c15-13-11(7-4-8-12(13)17(19)20)14(18)16-9-10-5-2-1-3-6-10/h4,7-8,10H,1-3,5-6,9H2,(H,16,18). The fourth-order valence-corrected chi connectivity index (χ4v) is 2.84. The van der Waals surface area contributed by atoms with E-state index >= 15 is 0 Å². The molecule has 1 aliphatic carbocycles. The van der Waals surface area contributed by atoms with Gasteiger partial charge in [-0.2, -0.15) is 0 Å². The predicted molar refractivity (Wildman–Crippen MR) is 77.0 cm³/mol. The normalized spacial score (nSPS) is 15.8. The lowest BCUT2D eigenvalue weighted by Crippen LogP contribution is -2.30. The highest BCUT2D eigenvalue weighted by Crippen LogP contribution is 2.28. The minimum atomic E-state index is -0.583. The molecule has 1 aliphatic rings. The van der Waals surface area contributed by atoms with Crippen LogP contribution in [-0.4, -0.2) is 17.4 Å². The second kappa shape index (κ2) is 6.70. The lowest BCUT2D eigenvalue weighted by Gasteiger charge is -2.21. The van der Waals surface area contributed by atoms with Crippen LogP contribution in [0, 0.1) is 16.0 Å². The van der Waals surface area contributed by atoms with Crippen molar-refractivity contribution in [3.63, 3.8) is 0 Å².